The average molecular weight is 368 g/mol. The van der Waals surface area contributed by atoms with Gasteiger partial charge in [-0.05, 0) is 25.8 Å². The number of benzene rings is 1. The smallest absolute Gasteiger partial charge is 0.192 e. The Balaban J connectivity index is 1.51. The van der Waals surface area contributed by atoms with Gasteiger partial charge in [0.25, 0.3) is 0 Å². The van der Waals surface area contributed by atoms with Gasteiger partial charge in [-0.25, -0.2) is 4.98 Å². The van der Waals surface area contributed by atoms with Crippen LogP contribution in [0.25, 0.3) is 22.3 Å². The zero-order chi connectivity index (χ0) is 16.8. The number of hydrogen-bond acceptors (Lipinski definition) is 5. The Bertz CT molecular complexity index is 1040. The fourth-order valence-corrected chi connectivity index (χ4v) is 4.71. The maximum Gasteiger partial charge on any atom is 0.192 e. The van der Waals surface area contributed by atoms with E-state index in [1.807, 2.05) is 19.2 Å². The Morgan fingerprint density at radius 2 is 2.16 bits per heavy atom. The summed E-state index contributed by atoms with van der Waals surface area (Å²) in [5.74, 6) is 1.81. The van der Waals surface area contributed by atoms with Gasteiger partial charge in [0.2, 0.25) is 0 Å². The molecule has 7 heteroatoms. The number of aromatic nitrogens is 5. The first kappa shape index (κ1) is 15.2. The number of aryl methyl sites for hydroxylation is 1. The van der Waals surface area contributed by atoms with Crippen LogP contribution in [0.5, 0.6) is 0 Å². The van der Waals surface area contributed by atoms with Crippen LogP contribution in [-0.4, -0.2) is 24.7 Å². The molecule has 0 saturated heterocycles. The third-order valence-electron chi connectivity index (χ3n) is 4.42. The summed E-state index contributed by atoms with van der Waals surface area (Å²) >= 11 is 3.42. The molecule has 25 heavy (non-hydrogen) atoms. The van der Waals surface area contributed by atoms with Crippen molar-refractivity contribution in [2.45, 2.75) is 36.7 Å². The predicted molar refractivity (Wildman–Crippen MR) is 102 cm³/mol. The minimum Gasteiger partial charge on any atom is -0.360 e. The summed E-state index contributed by atoms with van der Waals surface area (Å²) in [5.41, 5.74) is 3.38. The van der Waals surface area contributed by atoms with Gasteiger partial charge in [0.15, 0.2) is 11.0 Å². The van der Waals surface area contributed by atoms with Gasteiger partial charge in [0.05, 0.1) is 10.7 Å². The van der Waals surface area contributed by atoms with Gasteiger partial charge in [-0.3, -0.25) is 4.57 Å². The van der Waals surface area contributed by atoms with Gasteiger partial charge in [-0.2, -0.15) is 0 Å². The molecule has 1 aromatic carbocycles. The highest BCUT2D eigenvalue weighted by molar-refractivity contribution is 7.98. The van der Waals surface area contributed by atoms with Crippen LogP contribution in [0, 0.1) is 6.92 Å². The Morgan fingerprint density at radius 1 is 1.28 bits per heavy atom. The van der Waals surface area contributed by atoms with Gasteiger partial charge >= 0.3 is 0 Å². The van der Waals surface area contributed by atoms with Crippen molar-refractivity contribution >= 4 is 34.0 Å². The van der Waals surface area contributed by atoms with E-state index in [0.29, 0.717) is 6.04 Å². The molecule has 1 saturated carbocycles. The van der Waals surface area contributed by atoms with Gasteiger partial charge in [0.1, 0.15) is 0 Å². The van der Waals surface area contributed by atoms with Crippen molar-refractivity contribution in [2.24, 2.45) is 0 Å². The molecule has 1 aliphatic carbocycles. The molecule has 3 aromatic heterocycles. The molecule has 0 radical (unpaired) electrons. The predicted octanol–water partition coefficient (Wildman–Crippen LogP) is 4.82. The number of hydrogen-bond donors (Lipinski definition) is 1. The highest BCUT2D eigenvalue weighted by Crippen LogP contribution is 2.42. The minimum absolute atomic E-state index is 0.526. The molecule has 3 heterocycles. The summed E-state index contributed by atoms with van der Waals surface area (Å²) in [6, 6.07) is 8.87. The Morgan fingerprint density at radius 3 is 2.96 bits per heavy atom. The topological polar surface area (TPSA) is 59.4 Å². The largest absolute Gasteiger partial charge is 0.360 e. The Kier molecular flexibility index (Phi) is 3.64. The number of nitrogens with one attached hydrogen (secondary N) is 1. The summed E-state index contributed by atoms with van der Waals surface area (Å²) in [5, 5.41) is 14.5. The first-order chi connectivity index (χ1) is 12.3. The molecule has 4 aromatic rings. The van der Waals surface area contributed by atoms with Crippen molar-refractivity contribution in [2.75, 3.05) is 0 Å². The summed E-state index contributed by atoms with van der Waals surface area (Å²) < 4.78 is 2.32. The van der Waals surface area contributed by atoms with E-state index in [9.17, 15) is 0 Å². The van der Waals surface area contributed by atoms with Crippen molar-refractivity contribution in [3.05, 3.63) is 46.5 Å². The molecule has 1 N–H and O–H groups in total. The maximum absolute atomic E-state index is 4.55. The van der Waals surface area contributed by atoms with Crippen LogP contribution in [0.3, 0.4) is 0 Å². The van der Waals surface area contributed by atoms with Crippen molar-refractivity contribution in [1.82, 2.24) is 24.7 Å². The number of thiazole rings is 1. The van der Waals surface area contributed by atoms with E-state index in [1.54, 1.807) is 23.1 Å². The fraction of sp³-hybridized carbons (Fsp3) is 0.278. The lowest BCUT2D eigenvalue weighted by Crippen LogP contribution is -1.99. The van der Waals surface area contributed by atoms with E-state index in [0.717, 1.165) is 38.5 Å². The van der Waals surface area contributed by atoms with Crippen LogP contribution in [0.15, 0.2) is 41.0 Å². The average Bonchev–Trinajstić information content (AvgIpc) is 3.05. The number of aromatic amines is 1. The molecular formula is C18H17N5S2. The number of nitrogens with zero attached hydrogens (tertiary/aromatic N) is 4. The normalized spacial score (nSPS) is 14.4. The summed E-state index contributed by atoms with van der Waals surface area (Å²) in [4.78, 5) is 7.90. The van der Waals surface area contributed by atoms with Gasteiger partial charge in [0, 0.05) is 39.8 Å². The lowest BCUT2D eigenvalue weighted by Gasteiger charge is -2.07. The third-order valence-corrected chi connectivity index (χ3v) is 6.22. The van der Waals surface area contributed by atoms with Crippen LogP contribution < -0.4 is 0 Å². The molecule has 126 valence electrons. The SMILES string of the molecule is Cc1nc(CSc2nnc(-c3c[nH]c4ccccc34)n2C2CC2)cs1. The van der Waals surface area contributed by atoms with Crippen molar-refractivity contribution in [3.8, 4) is 11.4 Å². The lowest BCUT2D eigenvalue weighted by atomic mass is 10.1. The van der Waals surface area contributed by atoms with E-state index >= 15 is 0 Å². The van der Waals surface area contributed by atoms with E-state index in [1.165, 1.54) is 18.2 Å². The lowest BCUT2D eigenvalue weighted by molar-refractivity contribution is 0.669. The highest BCUT2D eigenvalue weighted by atomic mass is 32.2. The first-order valence-corrected chi connectivity index (χ1v) is 10.2. The molecule has 0 atom stereocenters. The van der Waals surface area contributed by atoms with Crippen molar-refractivity contribution < 1.29 is 0 Å². The van der Waals surface area contributed by atoms with Crippen LogP contribution in [0.4, 0.5) is 0 Å². The quantitative estimate of drug-likeness (QED) is 0.514. The maximum atomic E-state index is 4.55. The zero-order valence-corrected chi connectivity index (χ0v) is 15.4. The van der Waals surface area contributed by atoms with E-state index in [-0.39, 0.29) is 0 Å². The van der Waals surface area contributed by atoms with Gasteiger partial charge < -0.3 is 4.98 Å². The molecule has 0 bridgehead atoms. The van der Waals surface area contributed by atoms with Crippen molar-refractivity contribution in [1.29, 1.82) is 0 Å². The highest BCUT2D eigenvalue weighted by Gasteiger charge is 2.30. The monoisotopic (exact) mass is 367 g/mol. The second kappa shape index (κ2) is 6.00. The van der Waals surface area contributed by atoms with Crippen LogP contribution in [0.1, 0.15) is 29.6 Å². The van der Waals surface area contributed by atoms with Gasteiger partial charge in [-0.15, -0.1) is 21.5 Å². The number of H-pyrrole nitrogens is 1. The molecule has 0 aliphatic heterocycles. The molecule has 1 fully saturated rings. The number of rotatable bonds is 5. The van der Waals surface area contributed by atoms with E-state index < -0.39 is 0 Å². The second-order valence-electron chi connectivity index (χ2n) is 6.30. The minimum atomic E-state index is 0.526. The number of fused-ring (bicyclic) bond motifs is 1. The van der Waals surface area contributed by atoms with Gasteiger partial charge in [-0.1, -0.05) is 30.0 Å². The Labute approximate surface area is 153 Å². The summed E-state index contributed by atoms with van der Waals surface area (Å²) in [6.07, 6.45) is 4.46. The second-order valence-corrected chi connectivity index (χ2v) is 8.31. The standard InChI is InChI=1S/C18H17N5S2/c1-11-20-12(9-24-11)10-25-18-22-21-17(23(18)13-6-7-13)15-8-19-16-5-3-2-4-14(15)16/h2-5,8-9,13,19H,6-7,10H2,1H3. The molecule has 0 spiro atoms. The molecule has 5 rings (SSSR count). The number of para-hydroxylation sites is 1. The van der Waals surface area contributed by atoms with E-state index in [4.69, 9.17) is 0 Å². The molecular weight excluding hydrogens is 350 g/mol. The molecule has 5 nitrogen and oxygen atoms in total. The first-order valence-electron chi connectivity index (χ1n) is 8.35. The van der Waals surface area contributed by atoms with Crippen molar-refractivity contribution in [3.63, 3.8) is 0 Å². The van der Waals surface area contributed by atoms with Crippen LogP contribution >= 0.6 is 23.1 Å². The summed E-state index contributed by atoms with van der Waals surface area (Å²) in [6.45, 7) is 2.04. The van der Waals surface area contributed by atoms with E-state index in [2.05, 4.69) is 48.3 Å². The molecule has 0 unspecified atom stereocenters. The number of thioether (sulfide) groups is 1. The molecule has 0 amide bonds. The fourth-order valence-electron chi connectivity index (χ4n) is 3.09. The molecule has 1 aliphatic rings. The van der Waals surface area contributed by atoms with Crippen LogP contribution in [0.2, 0.25) is 0 Å². The third kappa shape index (κ3) is 2.77. The Hall–Kier alpha value is -2.12. The van der Waals surface area contributed by atoms with Crippen LogP contribution in [-0.2, 0) is 5.75 Å². The summed E-state index contributed by atoms with van der Waals surface area (Å²) in [7, 11) is 0. The zero-order valence-electron chi connectivity index (χ0n) is 13.8.